The second-order valence-electron chi connectivity index (χ2n) is 5.68. The van der Waals surface area contributed by atoms with E-state index < -0.39 is 5.60 Å². The van der Waals surface area contributed by atoms with Gasteiger partial charge in [-0.1, -0.05) is 12.1 Å². The molecule has 0 saturated heterocycles. The lowest BCUT2D eigenvalue weighted by Gasteiger charge is -2.23. The van der Waals surface area contributed by atoms with E-state index in [1.807, 2.05) is 41.9 Å². The maximum atomic E-state index is 10.5. The molecule has 118 valence electrons. The first-order valence-electron chi connectivity index (χ1n) is 7.50. The molecule has 0 amide bonds. The summed E-state index contributed by atoms with van der Waals surface area (Å²) < 4.78 is 11.5. The standard InChI is InChI=1S/C17H21NO3S/c1-17(19,14-6-9-22-11-14)12-18-10-13-4-2-5-15-16(13)21-8-3-7-20-15/h2,4-6,9,11,18-19H,3,7-8,10,12H2,1H3. The van der Waals surface area contributed by atoms with E-state index in [-0.39, 0.29) is 0 Å². The fraction of sp³-hybridized carbons (Fsp3) is 0.412. The van der Waals surface area contributed by atoms with Crippen molar-refractivity contribution in [3.8, 4) is 11.5 Å². The van der Waals surface area contributed by atoms with Crippen LogP contribution in [-0.4, -0.2) is 24.9 Å². The first kappa shape index (κ1) is 15.3. The van der Waals surface area contributed by atoms with Gasteiger partial charge >= 0.3 is 0 Å². The molecule has 0 saturated carbocycles. The summed E-state index contributed by atoms with van der Waals surface area (Å²) in [6.07, 6.45) is 0.897. The van der Waals surface area contributed by atoms with Crippen LogP contribution in [0.3, 0.4) is 0 Å². The quantitative estimate of drug-likeness (QED) is 0.890. The van der Waals surface area contributed by atoms with Gasteiger partial charge in [-0.25, -0.2) is 0 Å². The summed E-state index contributed by atoms with van der Waals surface area (Å²) in [6, 6.07) is 7.89. The second-order valence-corrected chi connectivity index (χ2v) is 6.46. The van der Waals surface area contributed by atoms with E-state index in [9.17, 15) is 5.11 Å². The number of rotatable bonds is 5. The van der Waals surface area contributed by atoms with Gasteiger partial charge in [0.05, 0.1) is 18.8 Å². The minimum Gasteiger partial charge on any atom is -0.490 e. The van der Waals surface area contributed by atoms with Crippen LogP contribution in [0.25, 0.3) is 0 Å². The Morgan fingerprint density at radius 2 is 2.14 bits per heavy atom. The van der Waals surface area contributed by atoms with E-state index >= 15 is 0 Å². The van der Waals surface area contributed by atoms with Crippen LogP contribution in [0.4, 0.5) is 0 Å². The van der Waals surface area contributed by atoms with Crippen molar-refractivity contribution in [2.24, 2.45) is 0 Å². The highest BCUT2D eigenvalue weighted by Gasteiger charge is 2.23. The van der Waals surface area contributed by atoms with Crippen molar-refractivity contribution >= 4 is 11.3 Å². The smallest absolute Gasteiger partial charge is 0.165 e. The molecule has 1 aromatic carbocycles. The van der Waals surface area contributed by atoms with E-state index in [1.54, 1.807) is 11.3 Å². The maximum Gasteiger partial charge on any atom is 0.165 e. The Morgan fingerprint density at radius 1 is 1.27 bits per heavy atom. The summed E-state index contributed by atoms with van der Waals surface area (Å²) in [6.45, 7) is 4.31. The van der Waals surface area contributed by atoms with E-state index in [0.717, 1.165) is 29.0 Å². The highest BCUT2D eigenvalue weighted by Crippen LogP contribution is 2.33. The Bertz CT molecular complexity index is 610. The number of benzene rings is 1. The van der Waals surface area contributed by atoms with Crippen LogP contribution >= 0.6 is 11.3 Å². The predicted molar refractivity (Wildman–Crippen MR) is 87.6 cm³/mol. The summed E-state index contributed by atoms with van der Waals surface area (Å²) >= 11 is 1.59. The van der Waals surface area contributed by atoms with Crippen molar-refractivity contribution in [1.29, 1.82) is 0 Å². The predicted octanol–water partition coefficient (Wildman–Crippen LogP) is 2.91. The van der Waals surface area contributed by atoms with Crippen LogP contribution in [-0.2, 0) is 12.1 Å². The molecular formula is C17H21NO3S. The zero-order valence-corrected chi connectivity index (χ0v) is 13.5. The van der Waals surface area contributed by atoms with E-state index in [1.165, 1.54) is 0 Å². The Kier molecular flexibility index (Phi) is 4.66. The topological polar surface area (TPSA) is 50.7 Å². The molecule has 0 fully saturated rings. The lowest BCUT2D eigenvalue weighted by molar-refractivity contribution is 0.0570. The number of nitrogens with one attached hydrogen (secondary N) is 1. The molecule has 0 aliphatic carbocycles. The fourth-order valence-corrected chi connectivity index (χ4v) is 3.29. The molecule has 1 unspecified atom stereocenters. The van der Waals surface area contributed by atoms with E-state index in [2.05, 4.69) is 5.32 Å². The number of para-hydroxylation sites is 1. The highest BCUT2D eigenvalue weighted by atomic mass is 32.1. The van der Waals surface area contributed by atoms with Crippen LogP contribution in [0.1, 0.15) is 24.5 Å². The van der Waals surface area contributed by atoms with Crippen LogP contribution in [0.15, 0.2) is 35.0 Å². The molecule has 4 nitrogen and oxygen atoms in total. The average Bonchev–Trinajstić information content (AvgIpc) is 2.94. The van der Waals surface area contributed by atoms with Gasteiger partial charge in [0.25, 0.3) is 0 Å². The third-order valence-corrected chi connectivity index (χ3v) is 4.46. The van der Waals surface area contributed by atoms with Gasteiger partial charge in [0.2, 0.25) is 0 Å². The molecule has 1 atom stereocenters. The van der Waals surface area contributed by atoms with Crippen LogP contribution in [0.2, 0.25) is 0 Å². The minimum atomic E-state index is -0.872. The average molecular weight is 319 g/mol. The van der Waals surface area contributed by atoms with Gasteiger partial charge in [-0.2, -0.15) is 11.3 Å². The zero-order chi connectivity index (χ0) is 15.4. The van der Waals surface area contributed by atoms with E-state index in [4.69, 9.17) is 9.47 Å². The fourth-order valence-electron chi connectivity index (χ4n) is 2.51. The number of hydrogen-bond acceptors (Lipinski definition) is 5. The largest absolute Gasteiger partial charge is 0.490 e. The van der Waals surface area contributed by atoms with Crippen LogP contribution in [0.5, 0.6) is 11.5 Å². The molecule has 0 radical (unpaired) electrons. The Labute approximate surface area is 134 Å². The summed E-state index contributed by atoms with van der Waals surface area (Å²) in [5, 5.41) is 17.8. The number of thiophene rings is 1. The van der Waals surface area contributed by atoms with Crippen molar-refractivity contribution < 1.29 is 14.6 Å². The van der Waals surface area contributed by atoms with Crippen molar-refractivity contribution in [2.45, 2.75) is 25.5 Å². The Balaban J connectivity index is 1.65. The third kappa shape index (κ3) is 3.43. The molecule has 2 N–H and O–H groups in total. The summed E-state index contributed by atoms with van der Waals surface area (Å²) in [4.78, 5) is 0. The maximum absolute atomic E-state index is 10.5. The number of fused-ring (bicyclic) bond motifs is 1. The molecule has 0 spiro atoms. The van der Waals surface area contributed by atoms with Gasteiger partial charge in [-0.15, -0.1) is 0 Å². The molecule has 1 aliphatic heterocycles. The monoisotopic (exact) mass is 319 g/mol. The van der Waals surface area contributed by atoms with Gasteiger partial charge in [0.15, 0.2) is 11.5 Å². The van der Waals surface area contributed by atoms with Crippen molar-refractivity contribution in [1.82, 2.24) is 5.32 Å². The molecule has 3 rings (SSSR count). The second kappa shape index (κ2) is 6.69. The SMILES string of the molecule is CC(O)(CNCc1cccc2c1OCCCO2)c1ccsc1. The van der Waals surface area contributed by atoms with E-state index in [0.29, 0.717) is 26.3 Å². The van der Waals surface area contributed by atoms with Gasteiger partial charge in [-0.3, -0.25) is 0 Å². The molecule has 1 aliphatic rings. The summed E-state index contributed by atoms with van der Waals surface area (Å²) in [7, 11) is 0. The van der Waals surface area contributed by atoms with Gasteiger partial charge < -0.3 is 19.9 Å². The molecule has 22 heavy (non-hydrogen) atoms. The molecule has 5 heteroatoms. The number of aliphatic hydroxyl groups is 1. The van der Waals surface area contributed by atoms with Crippen LogP contribution in [0, 0.1) is 0 Å². The molecule has 0 bridgehead atoms. The van der Waals surface area contributed by atoms with Crippen molar-refractivity contribution in [3.63, 3.8) is 0 Å². The lowest BCUT2D eigenvalue weighted by atomic mass is 9.99. The molecular weight excluding hydrogens is 298 g/mol. The summed E-state index contributed by atoms with van der Waals surface area (Å²) in [5.41, 5.74) is 1.13. The Morgan fingerprint density at radius 3 is 2.95 bits per heavy atom. The van der Waals surface area contributed by atoms with Crippen LogP contribution < -0.4 is 14.8 Å². The normalized spacial score (nSPS) is 16.8. The molecule has 1 aromatic heterocycles. The van der Waals surface area contributed by atoms with Crippen molar-refractivity contribution in [3.05, 3.63) is 46.2 Å². The Hall–Kier alpha value is -1.56. The molecule has 2 heterocycles. The van der Waals surface area contributed by atoms with Gasteiger partial charge in [-0.05, 0) is 35.4 Å². The third-order valence-electron chi connectivity index (χ3n) is 3.78. The number of hydrogen-bond donors (Lipinski definition) is 2. The van der Waals surface area contributed by atoms with Gasteiger partial charge in [0, 0.05) is 25.1 Å². The first-order valence-corrected chi connectivity index (χ1v) is 8.44. The summed E-state index contributed by atoms with van der Waals surface area (Å²) in [5.74, 6) is 1.63. The highest BCUT2D eigenvalue weighted by molar-refractivity contribution is 7.08. The zero-order valence-electron chi connectivity index (χ0n) is 12.7. The molecule has 2 aromatic rings. The first-order chi connectivity index (χ1) is 10.7. The van der Waals surface area contributed by atoms with Crippen molar-refractivity contribution in [2.75, 3.05) is 19.8 Å². The number of ether oxygens (including phenoxy) is 2. The van der Waals surface area contributed by atoms with Gasteiger partial charge in [0.1, 0.15) is 0 Å². The lowest BCUT2D eigenvalue weighted by Crippen LogP contribution is -2.34. The minimum absolute atomic E-state index is 0.480.